The van der Waals surface area contributed by atoms with E-state index in [1.165, 1.54) is 19.1 Å². The highest BCUT2D eigenvalue weighted by Gasteiger charge is 2.23. The van der Waals surface area contributed by atoms with Crippen molar-refractivity contribution in [2.45, 2.75) is 33.2 Å². The van der Waals surface area contributed by atoms with E-state index in [0.29, 0.717) is 6.42 Å². The number of ketones is 1. The van der Waals surface area contributed by atoms with Gasteiger partial charge >= 0.3 is 5.97 Å². The van der Waals surface area contributed by atoms with Crippen molar-refractivity contribution in [1.29, 1.82) is 0 Å². The molecular formula is C14H18N2O5. The molecule has 7 heteroatoms. The number of carboxylic acids is 1. The lowest BCUT2D eigenvalue weighted by Gasteiger charge is -2.17. The van der Waals surface area contributed by atoms with Crippen LogP contribution in [0.4, 0.5) is 11.4 Å². The number of nitro groups is 1. The first-order chi connectivity index (χ1) is 9.72. The topological polar surface area (TPSA) is 110 Å². The summed E-state index contributed by atoms with van der Waals surface area (Å²) in [6.07, 6.45) is 0.334. The molecule has 21 heavy (non-hydrogen) atoms. The Balaban J connectivity index is 3.13. The van der Waals surface area contributed by atoms with Crippen LogP contribution in [0.25, 0.3) is 0 Å². The summed E-state index contributed by atoms with van der Waals surface area (Å²) in [4.78, 5) is 32.9. The average molecular weight is 294 g/mol. The first kappa shape index (κ1) is 16.6. The van der Waals surface area contributed by atoms with Gasteiger partial charge in [0, 0.05) is 11.6 Å². The number of rotatable bonds is 7. The molecule has 0 aromatic heterocycles. The molecule has 0 aliphatic carbocycles. The second-order valence-corrected chi connectivity index (χ2v) is 5.21. The van der Waals surface area contributed by atoms with Crippen molar-refractivity contribution >= 4 is 23.1 Å². The summed E-state index contributed by atoms with van der Waals surface area (Å²) in [7, 11) is 0. The third kappa shape index (κ3) is 4.55. The molecule has 0 radical (unpaired) electrons. The second-order valence-electron chi connectivity index (χ2n) is 5.21. The van der Waals surface area contributed by atoms with Gasteiger partial charge in [0.2, 0.25) is 0 Å². The quantitative estimate of drug-likeness (QED) is 0.454. The highest BCUT2D eigenvalue weighted by molar-refractivity contribution is 5.95. The van der Waals surface area contributed by atoms with Crippen LogP contribution in [0.3, 0.4) is 0 Å². The highest BCUT2D eigenvalue weighted by Crippen LogP contribution is 2.27. The van der Waals surface area contributed by atoms with Crippen LogP contribution < -0.4 is 5.32 Å². The molecule has 0 fully saturated rings. The van der Waals surface area contributed by atoms with E-state index >= 15 is 0 Å². The Morgan fingerprint density at radius 2 is 2.00 bits per heavy atom. The van der Waals surface area contributed by atoms with Gasteiger partial charge in [-0.05, 0) is 31.4 Å². The van der Waals surface area contributed by atoms with Gasteiger partial charge in [0.05, 0.1) is 4.92 Å². The van der Waals surface area contributed by atoms with E-state index in [-0.39, 0.29) is 28.6 Å². The van der Waals surface area contributed by atoms with E-state index in [9.17, 15) is 19.7 Å². The third-order valence-electron chi connectivity index (χ3n) is 2.94. The Hall–Kier alpha value is -2.44. The zero-order valence-corrected chi connectivity index (χ0v) is 12.1. The van der Waals surface area contributed by atoms with Crippen molar-refractivity contribution < 1.29 is 19.6 Å². The number of nitrogens with zero attached hydrogens (tertiary/aromatic N) is 1. The van der Waals surface area contributed by atoms with Gasteiger partial charge in [0.1, 0.15) is 11.7 Å². The normalized spacial score (nSPS) is 12.0. The summed E-state index contributed by atoms with van der Waals surface area (Å²) < 4.78 is 0. The van der Waals surface area contributed by atoms with Crippen molar-refractivity contribution in [3.05, 3.63) is 33.9 Å². The van der Waals surface area contributed by atoms with Crippen LogP contribution in [-0.4, -0.2) is 27.8 Å². The summed E-state index contributed by atoms with van der Waals surface area (Å²) in [6, 6.07) is 3.03. The molecule has 2 N–H and O–H groups in total. The SMILES string of the molecule is CC(=O)c1ccc(NC(CC(C)C)C(=O)O)c([N+](=O)[O-])c1. The van der Waals surface area contributed by atoms with E-state index < -0.39 is 16.9 Å². The lowest BCUT2D eigenvalue weighted by Crippen LogP contribution is -2.31. The minimum absolute atomic E-state index is 0.0954. The van der Waals surface area contributed by atoms with Crippen LogP contribution in [0.2, 0.25) is 0 Å². The zero-order valence-electron chi connectivity index (χ0n) is 12.1. The number of Topliss-reactive ketones (excluding diaryl/α,β-unsaturated/α-hetero) is 1. The maximum Gasteiger partial charge on any atom is 0.326 e. The molecule has 0 saturated heterocycles. The Morgan fingerprint density at radius 3 is 2.43 bits per heavy atom. The molecule has 1 unspecified atom stereocenters. The maximum absolute atomic E-state index is 11.3. The number of aliphatic carboxylic acids is 1. The predicted molar refractivity (Wildman–Crippen MR) is 77.6 cm³/mol. The second kappa shape index (κ2) is 6.83. The zero-order chi connectivity index (χ0) is 16.2. The number of anilines is 1. The first-order valence-corrected chi connectivity index (χ1v) is 6.51. The molecule has 0 aliphatic heterocycles. The lowest BCUT2D eigenvalue weighted by molar-refractivity contribution is -0.384. The Labute approximate surface area is 122 Å². The molecule has 1 rings (SSSR count). The average Bonchev–Trinajstić information content (AvgIpc) is 2.37. The molecule has 0 heterocycles. The minimum atomic E-state index is -1.08. The standard InChI is InChI=1S/C14H18N2O5/c1-8(2)6-12(14(18)19)15-11-5-4-10(9(3)17)7-13(11)16(20)21/h4-5,7-8,12,15H,6H2,1-3H3,(H,18,19). The Bertz CT molecular complexity index is 568. The van der Waals surface area contributed by atoms with E-state index in [1.807, 2.05) is 13.8 Å². The van der Waals surface area contributed by atoms with Crippen LogP contribution in [-0.2, 0) is 4.79 Å². The van der Waals surface area contributed by atoms with Crippen molar-refractivity contribution in [3.63, 3.8) is 0 Å². The van der Waals surface area contributed by atoms with Crippen LogP contribution in [0.1, 0.15) is 37.6 Å². The third-order valence-corrected chi connectivity index (χ3v) is 2.94. The first-order valence-electron chi connectivity index (χ1n) is 6.51. The largest absolute Gasteiger partial charge is 0.480 e. The van der Waals surface area contributed by atoms with Crippen LogP contribution >= 0.6 is 0 Å². The van der Waals surface area contributed by atoms with E-state index in [1.54, 1.807) is 0 Å². The summed E-state index contributed by atoms with van der Waals surface area (Å²) in [6.45, 7) is 5.04. The van der Waals surface area contributed by atoms with Gasteiger partial charge in [-0.15, -0.1) is 0 Å². The van der Waals surface area contributed by atoms with Gasteiger partial charge < -0.3 is 10.4 Å². The molecule has 0 saturated carbocycles. The van der Waals surface area contributed by atoms with Gasteiger partial charge in [-0.25, -0.2) is 4.79 Å². The number of hydrogen-bond acceptors (Lipinski definition) is 5. The van der Waals surface area contributed by atoms with Crippen LogP contribution in [0.15, 0.2) is 18.2 Å². The molecule has 0 bridgehead atoms. The molecule has 0 amide bonds. The summed E-state index contributed by atoms with van der Waals surface area (Å²) in [5.74, 6) is -1.25. The fraction of sp³-hybridized carbons (Fsp3) is 0.429. The fourth-order valence-electron chi connectivity index (χ4n) is 1.90. The summed E-state index contributed by atoms with van der Waals surface area (Å²) in [5, 5.41) is 22.9. The molecule has 114 valence electrons. The van der Waals surface area contributed by atoms with E-state index in [0.717, 1.165) is 6.07 Å². The van der Waals surface area contributed by atoms with Gasteiger partial charge in [0.15, 0.2) is 5.78 Å². The highest BCUT2D eigenvalue weighted by atomic mass is 16.6. The Morgan fingerprint density at radius 1 is 1.38 bits per heavy atom. The smallest absolute Gasteiger partial charge is 0.326 e. The monoisotopic (exact) mass is 294 g/mol. The fourth-order valence-corrected chi connectivity index (χ4v) is 1.90. The Kier molecular flexibility index (Phi) is 5.40. The molecule has 1 aromatic carbocycles. The number of carboxylic acid groups (broad SMARTS) is 1. The van der Waals surface area contributed by atoms with Crippen LogP contribution in [0, 0.1) is 16.0 Å². The van der Waals surface area contributed by atoms with Gasteiger partial charge in [0.25, 0.3) is 5.69 Å². The number of nitro benzene ring substituents is 1. The van der Waals surface area contributed by atoms with E-state index in [4.69, 9.17) is 5.11 Å². The number of benzene rings is 1. The van der Waals surface area contributed by atoms with Crippen LogP contribution in [0.5, 0.6) is 0 Å². The molecule has 1 atom stereocenters. The summed E-state index contributed by atoms with van der Waals surface area (Å²) >= 11 is 0. The van der Waals surface area contributed by atoms with Gasteiger partial charge in [-0.1, -0.05) is 13.8 Å². The van der Waals surface area contributed by atoms with Crippen molar-refractivity contribution in [2.75, 3.05) is 5.32 Å². The van der Waals surface area contributed by atoms with Crippen molar-refractivity contribution in [2.24, 2.45) is 5.92 Å². The number of hydrogen-bond donors (Lipinski definition) is 2. The van der Waals surface area contributed by atoms with Gasteiger partial charge in [-0.2, -0.15) is 0 Å². The van der Waals surface area contributed by atoms with Crippen molar-refractivity contribution in [1.82, 2.24) is 0 Å². The minimum Gasteiger partial charge on any atom is -0.480 e. The molecule has 7 nitrogen and oxygen atoms in total. The molecule has 0 aliphatic rings. The number of nitrogens with one attached hydrogen (secondary N) is 1. The number of carbonyl (C=O) groups is 2. The predicted octanol–water partition coefficient (Wildman–Crippen LogP) is 2.71. The number of carbonyl (C=O) groups excluding carboxylic acids is 1. The lowest BCUT2D eigenvalue weighted by atomic mass is 10.0. The molecule has 0 spiro atoms. The molecular weight excluding hydrogens is 276 g/mol. The maximum atomic E-state index is 11.3. The summed E-state index contributed by atoms with van der Waals surface area (Å²) in [5.41, 5.74) is -0.00117. The molecule has 1 aromatic rings. The van der Waals surface area contributed by atoms with Gasteiger partial charge in [-0.3, -0.25) is 14.9 Å². The van der Waals surface area contributed by atoms with E-state index in [2.05, 4.69) is 5.32 Å². The van der Waals surface area contributed by atoms with Crippen molar-refractivity contribution in [3.8, 4) is 0 Å².